The van der Waals surface area contributed by atoms with E-state index in [0.717, 1.165) is 11.3 Å². The van der Waals surface area contributed by atoms with E-state index in [9.17, 15) is 19.2 Å². The van der Waals surface area contributed by atoms with E-state index in [1.165, 1.54) is 10.9 Å². The van der Waals surface area contributed by atoms with E-state index >= 15 is 0 Å². The molecule has 2 amide bonds. The average molecular weight is 570 g/mol. The van der Waals surface area contributed by atoms with Crippen molar-refractivity contribution in [3.05, 3.63) is 112 Å². The number of nitrogens with one attached hydrogen (secondary N) is 3. The molecule has 0 unspecified atom stereocenters. The Morgan fingerprint density at radius 3 is 2.49 bits per heavy atom. The largest absolute Gasteiger partial charge is 0.481 e. The lowest BCUT2D eigenvalue weighted by Gasteiger charge is -2.08. The zero-order chi connectivity index (χ0) is 29.1. The number of rotatable bonds is 9. The number of aliphatic carboxylic acids is 1. The van der Waals surface area contributed by atoms with Crippen LogP contribution >= 0.6 is 11.6 Å². The number of carboxylic acid groups (broad SMARTS) is 1. The molecule has 0 bridgehead atoms. The van der Waals surface area contributed by atoms with Crippen LogP contribution < -0.4 is 16.0 Å². The molecule has 4 aromatic rings. The number of aryl methyl sites for hydroxylation is 2. The number of benzene rings is 3. The summed E-state index contributed by atoms with van der Waals surface area (Å²) in [4.78, 5) is 49.3. The number of carbonyl (C=O) groups excluding carboxylic acids is 3. The Morgan fingerprint density at radius 1 is 1.02 bits per heavy atom. The second-order valence-corrected chi connectivity index (χ2v) is 9.70. The van der Waals surface area contributed by atoms with Gasteiger partial charge < -0.3 is 21.1 Å². The van der Waals surface area contributed by atoms with Crippen LogP contribution in [-0.2, 0) is 23.1 Å². The first kappa shape index (κ1) is 27.4. The number of halogens is 1. The van der Waals surface area contributed by atoms with E-state index in [1.54, 1.807) is 55.7 Å². The minimum Gasteiger partial charge on any atom is -0.481 e. The van der Waals surface area contributed by atoms with Crippen LogP contribution in [0.2, 0.25) is 5.15 Å². The molecule has 0 spiro atoms. The fourth-order valence-electron chi connectivity index (χ4n) is 4.33. The van der Waals surface area contributed by atoms with E-state index in [4.69, 9.17) is 16.7 Å². The summed E-state index contributed by atoms with van der Waals surface area (Å²) in [6.07, 6.45) is 3.45. The van der Waals surface area contributed by atoms with Gasteiger partial charge in [0, 0.05) is 53.4 Å². The van der Waals surface area contributed by atoms with Crippen molar-refractivity contribution in [3.8, 4) is 0 Å². The number of nitrogens with zero attached hydrogens (tertiary/aromatic N) is 2. The summed E-state index contributed by atoms with van der Waals surface area (Å²) in [5, 5.41) is 21.6. The van der Waals surface area contributed by atoms with Crippen LogP contribution in [0.1, 0.15) is 43.8 Å². The van der Waals surface area contributed by atoms with E-state index in [2.05, 4.69) is 21.0 Å². The van der Waals surface area contributed by atoms with Gasteiger partial charge in [-0.05, 0) is 42.3 Å². The van der Waals surface area contributed by atoms with Gasteiger partial charge in [0.1, 0.15) is 5.15 Å². The lowest BCUT2D eigenvalue weighted by molar-refractivity contribution is -0.137. The smallest absolute Gasteiger partial charge is 0.303 e. The zero-order valence-electron chi connectivity index (χ0n) is 21.8. The second-order valence-electron chi connectivity index (χ2n) is 9.34. The summed E-state index contributed by atoms with van der Waals surface area (Å²) in [6.45, 7) is 0. The fourth-order valence-corrected chi connectivity index (χ4v) is 4.51. The molecule has 0 saturated carbocycles. The first-order valence-corrected chi connectivity index (χ1v) is 12.9. The molecule has 0 fully saturated rings. The van der Waals surface area contributed by atoms with Gasteiger partial charge in [0.05, 0.1) is 17.3 Å². The molecule has 0 saturated heterocycles. The average Bonchev–Trinajstić information content (AvgIpc) is 3.47. The van der Waals surface area contributed by atoms with Crippen molar-refractivity contribution < 1.29 is 24.3 Å². The molecule has 11 heteroatoms. The molecule has 0 aliphatic carbocycles. The molecular weight excluding hydrogens is 546 g/mol. The topological polar surface area (TPSA) is 142 Å². The Balaban J connectivity index is 1.29. The summed E-state index contributed by atoms with van der Waals surface area (Å²) in [7, 11) is 1.62. The van der Waals surface area contributed by atoms with Crippen LogP contribution in [0, 0.1) is 0 Å². The van der Waals surface area contributed by atoms with Crippen molar-refractivity contribution in [3.63, 3.8) is 0 Å². The molecule has 41 heavy (non-hydrogen) atoms. The summed E-state index contributed by atoms with van der Waals surface area (Å²) in [5.41, 5.74) is 4.56. The summed E-state index contributed by atoms with van der Waals surface area (Å²) < 4.78 is 1.38. The maximum Gasteiger partial charge on any atom is 0.303 e. The maximum atomic E-state index is 13.3. The highest BCUT2D eigenvalue weighted by Gasteiger charge is 2.25. The van der Waals surface area contributed by atoms with Gasteiger partial charge in [-0.3, -0.25) is 23.9 Å². The molecule has 3 aromatic carbocycles. The van der Waals surface area contributed by atoms with Crippen molar-refractivity contribution in [2.45, 2.75) is 12.8 Å². The molecule has 206 valence electrons. The number of hydrogen-bond donors (Lipinski definition) is 4. The quantitative estimate of drug-likeness (QED) is 0.164. The highest BCUT2D eigenvalue weighted by Crippen LogP contribution is 2.33. The van der Waals surface area contributed by atoms with Gasteiger partial charge in [-0.2, -0.15) is 5.10 Å². The zero-order valence-corrected chi connectivity index (χ0v) is 22.5. The lowest BCUT2D eigenvalue weighted by Crippen LogP contribution is -2.12. The van der Waals surface area contributed by atoms with Crippen LogP contribution in [0.4, 0.5) is 17.1 Å². The summed E-state index contributed by atoms with van der Waals surface area (Å²) in [5.74, 6) is -1.89. The van der Waals surface area contributed by atoms with Crippen molar-refractivity contribution in [1.29, 1.82) is 0 Å². The molecule has 0 atom stereocenters. The van der Waals surface area contributed by atoms with Gasteiger partial charge in [-0.1, -0.05) is 48.0 Å². The van der Waals surface area contributed by atoms with Crippen molar-refractivity contribution in [1.82, 2.24) is 9.78 Å². The summed E-state index contributed by atoms with van der Waals surface area (Å²) >= 11 is 6.11. The fraction of sp³-hybridized carbons (Fsp3) is 0.100. The number of anilines is 3. The molecule has 0 radical (unpaired) electrons. The number of hydrogen-bond acceptors (Lipinski definition) is 6. The molecule has 2 heterocycles. The standard InChI is InChI=1S/C30H24ClN5O5/c1-36-28(31)24(16-33-36)30(41)34-21-4-2-3-18(13-21)27(39)19-8-11-22-23(29(40)35-25(22)14-19)15-32-20-9-5-17(6-10-20)7-12-26(37)38/h2-6,8-11,13-16,32H,7,12H2,1H3,(H,34,41)(H,35,40)(H,37,38)/b23-15-. The third-order valence-electron chi connectivity index (χ3n) is 6.52. The SMILES string of the molecule is Cn1ncc(C(=O)Nc2cccc(C(=O)c3ccc4c(c3)NC(=O)/C4=C\Nc3ccc(CCC(=O)O)cc3)c2)c1Cl. The normalized spacial score (nSPS) is 13.0. The number of carbonyl (C=O) groups is 4. The van der Waals surface area contributed by atoms with Gasteiger partial charge in [0.2, 0.25) is 0 Å². The molecule has 4 N–H and O–H groups in total. The number of carboxylic acids is 1. The van der Waals surface area contributed by atoms with E-state index < -0.39 is 11.9 Å². The van der Waals surface area contributed by atoms with Gasteiger partial charge in [0.15, 0.2) is 5.78 Å². The van der Waals surface area contributed by atoms with E-state index in [1.807, 2.05) is 24.3 Å². The van der Waals surface area contributed by atoms with Gasteiger partial charge in [0.25, 0.3) is 11.8 Å². The minimum absolute atomic E-state index is 0.0573. The Labute approximate surface area is 239 Å². The van der Waals surface area contributed by atoms with Crippen LogP contribution in [-0.4, -0.2) is 38.5 Å². The van der Waals surface area contributed by atoms with E-state index in [-0.39, 0.29) is 28.8 Å². The molecule has 1 aliphatic rings. The lowest BCUT2D eigenvalue weighted by atomic mass is 9.99. The maximum absolute atomic E-state index is 13.3. The van der Waals surface area contributed by atoms with Gasteiger partial charge >= 0.3 is 5.97 Å². The third-order valence-corrected chi connectivity index (χ3v) is 6.97. The highest BCUT2D eigenvalue weighted by molar-refractivity contribution is 6.33. The molecular formula is C30H24ClN5O5. The van der Waals surface area contributed by atoms with Crippen LogP contribution in [0.25, 0.3) is 5.57 Å². The minimum atomic E-state index is -0.850. The van der Waals surface area contributed by atoms with Crippen molar-refractivity contribution in [2.24, 2.45) is 7.05 Å². The molecule has 1 aliphatic heterocycles. The second kappa shape index (κ2) is 11.5. The first-order valence-electron chi connectivity index (χ1n) is 12.6. The number of fused-ring (bicyclic) bond motifs is 1. The monoisotopic (exact) mass is 569 g/mol. The van der Waals surface area contributed by atoms with Crippen LogP contribution in [0.3, 0.4) is 0 Å². The van der Waals surface area contributed by atoms with Crippen LogP contribution in [0.15, 0.2) is 79.1 Å². The van der Waals surface area contributed by atoms with Crippen molar-refractivity contribution in [2.75, 3.05) is 16.0 Å². The number of aromatic nitrogens is 2. The van der Waals surface area contributed by atoms with Crippen LogP contribution in [0.5, 0.6) is 0 Å². The highest BCUT2D eigenvalue weighted by atomic mass is 35.5. The number of ketones is 1. The number of amides is 2. The molecule has 1 aromatic heterocycles. The molecule has 10 nitrogen and oxygen atoms in total. The van der Waals surface area contributed by atoms with Gasteiger partial charge in [-0.15, -0.1) is 0 Å². The Morgan fingerprint density at radius 2 is 1.78 bits per heavy atom. The van der Waals surface area contributed by atoms with Gasteiger partial charge in [-0.25, -0.2) is 0 Å². The molecule has 5 rings (SSSR count). The van der Waals surface area contributed by atoms with Crippen molar-refractivity contribution >= 4 is 57.8 Å². The predicted molar refractivity (Wildman–Crippen MR) is 155 cm³/mol. The Kier molecular flexibility index (Phi) is 7.66. The summed E-state index contributed by atoms with van der Waals surface area (Å²) in [6, 6.07) is 18.8. The van der Waals surface area contributed by atoms with E-state index in [0.29, 0.717) is 40.1 Å². The first-order chi connectivity index (χ1) is 19.7. The predicted octanol–water partition coefficient (Wildman–Crippen LogP) is 4.98. The Bertz CT molecular complexity index is 1730. The third kappa shape index (κ3) is 6.02. The Hall–Kier alpha value is -5.22.